The summed E-state index contributed by atoms with van der Waals surface area (Å²) in [6.07, 6.45) is 0.569. The maximum Gasteiger partial charge on any atom is 0.126 e. The first-order chi connectivity index (χ1) is 34.1. The summed E-state index contributed by atoms with van der Waals surface area (Å²) in [4.78, 5) is 0. The Morgan fingerprint density at radius 1 is 0.371 bits per heavy atom. The molecule has 0 saturated heterocycles. The van der Waals surface area contributed by atoms with Crippen molar-refractivity contribution in [1.82, 2.24) is 0 Å². The summed E-state index contributed by atoms with van der Waals surface area (Å²) in [5, 5.41) is 36.8. The van der Waals surface area contributed by atoms with Gasteiger partial charge in [-0.05, 0) is 113 Å². The van der Waals surface area contributed by atoms with Crippen LogP contribution in [0.25, 0.3) is 54.6 Å². The third-order valence-electron chi connectivity index (χ3n) is 11.9. The molecular weight excluding hydrogens is 865 g/mol. The summed E-state index contributed by atoms with van der Waals surface area (Å²) in [7, 11) is 5.81. The summed E-state index contributed by atoms with van der Waals surface area (Å²) in [5.74, 6) is 1.70. The zero-order chi connectivity index (χ0) is 51.2. The number of ether oxygens (including phenoxy) is 3. The number of rotatable bonds is 12. The number of phenols is 2. The van der Waals surface area contributed by atoms with Crippen molar-refractivity contribution in [1.29, 1.82) is 0 Å². The second-order valence-corrected chi connectivity index (χ2v) is 17.1. The van der Waals surface area contributed by atoms with E-state index in [2.05, 4.69) is 149 Å². The van der Waals surface area contributed by atoms with Gasteiger partial charge in [0.2, 0.25) is 0 Å². The maximum atomic E-state index is 11.0. The van der Waals surface area contributed by atoms with Crippen LogP contribution in [0.15, 0.2) is 164 Å². The van der Waals surface area contributed by atoms with Gasteiger partial charge in [0, 0.05) is 51.6 Å². The number of hydrogen-bond acceptors (Lipinski definition) is 6. The van der Waals surface area contributed by atoms with E-state index in [0.29, 0.717) is 34.9 Å². The second kappa shape index (κ2) is 28.8. The van der Waals surface area contributed by atoms with E-state index in [9.17, 15) is 10.2 Å². The molecule has 0 atom stereocenters. The largest absolute Gasteiger partial charge is 0.507 e. The molecule has 0 amide bonds. The Balaban J connectivity index is 0.000000255. The minimum atomic E-state index is 0.178. The molecule has 368 valence electrons. The molecule has 3 N–H and O–H groups in total. The van der Waals surface area contributed by atoms with Gasteiger partial charge in [0.15, 0.2) is 0 Å². The normalized spacial score (nSPS) is 10.6. The quantitative estimate of drug-likeness (QED) is 0.106. The fraction of sp³-hybridized carbons (Fsp3) is 0.281. The molecule has 0 unspecified atom stereocenters. The molecule has 0 saturated carbocycles. The second-order valence-electron chi connectivity index (χ2n) is 17.1. The fourth-order valence-corrected chi connectivity index (χ4v) is 8.39. The molecular formula is C64H76O6. The van der Waals surface area contributed by atoms with Gasteiger partial charge in [0.1, 0.15) is 11.5 Å². The van der Waals surface area contributed by atoms with Gasteiger partial charge >= 0.3 is 0 Å². The molecule has 9 rings (SSSR count). The number of aromatic hydroxyl groups is 2. The molecule has 0 radical (unpaired) electrons. The highest BCUT2D eigenvalue weighted by molar-refractivity contribution is 6.22. The van der Waals surface area contributed by atoms with Crippen LogP contribution in [0.2, 0.25) is 0 Å². The fourth-order valence-electron chi connectivity index (χ4n) is 8.39. The molecule has 0 bridgehead atoms. The number of benzene rings is 9. The molecule has 0 aromatic heterocycles. The molecule has 0 aliphatic rings. The monoisotopic (exact) mass is 941 g/mol. The van der Waals surface area contributed by atoms with Crippen molar-refractivity contribution in [3.8, 4) is 33.8 Å². The molecule has 6 heteroatoms. The number of phenolic OH excluding ortho intramolecular Hbond substituents is 2. The van der Waals surface area contributed by atoms with Crippen LogP contribution in [0.4, 0.5) is 0 Å². The third kappa shape index (κ3) is 14.5. The van der Waals surface area contributed by atoms with Crippen molar-refractivity contribution in [2.24, 2.45) is 0 Å². The van der Waals surface area contributed by atoms with Crippen molar-refractivity contribution < 1.29 is 29.5 Å². The zero-order valence-corrected chi connectivity index (χ0v) is 43.6. The predicted molar refractivity (Wildman–Crippen MR) is 298 cm³/mol. The van der Waals surface area contributed by atoms with Gasteiger partial charge in [-0.25, -0.2) is 0 Å². The van der Waals surface area contributed by atoms with Crippen molar-refractivity contribution in [2.45, 2.75) is 93.5 Å². The van der Waals surface area contributed by atoms with Crippen LogP contribution < -0.4 is 0 Å². The first-order valence-electron chi connectivity index (χ1n) is 24.6. The molecule has 9 aromatic carbocycles. The lowest BCUT2D eigenvalue weighted by Crippen LogP contribution is -1.99. The molecule has 0 heterocycles. The minimum absolute atomic E-state index is 0.178. The van der Waals surface area contributed by atoms with E-state index in [1.165, 1.54) is 49.0 Å². The van der Waals surface area contributed by atoms with Gasteiger partial charge in [-0.2, -0.15) is 0 Å². The minimum Gasteiger partial charge on any atom is -0.507 e. The topological polar surface area (TPSA) is 88.4 Å². The van der Waals surface area contributed by atoms with Crippen LogP contribution in [0, 0.1) is 0 Å². The average molecular weight is 941 g/mol. The molecule has 0 spiro atoms. The Morgan fingerprint density at radius 3 is 1.04 bits per heavy atom. The zero-order valence-electron chi connectivity index (χ0n) is 43.6. The number of aliphatic hydroxyl groups excluding tert-OH is 1. The highest BCUT2D eigenvalue weighted by Crippen LogP contribution is 2.37. The van der Waals surface area contributed by atoms with Gasteiger partial charge < -0.3 is 29.5 Å². The summed E-state index contributed by atoms with van der Waals surface area (Å²) in [6, 6.07) is 57.2. The molecule has 0 fully saturated rings. The van der Waals surface area contributed by atoms with Crippen LogP contribution in [-0.4, -0.2) is 43.8 Å². The van der Waals surface area contributed by atoms with Gasteiger partial charge in [0.25, 0.3) is 0 Å². The Bertz CT molecular complexity index is 2720. The van der Waals surface area contributed by atoms with E-state index >= 15 is 0 Å². The Kier molecular flexibility index (Phi) is 23.1. The standard InChI is InChI=1S/C31H32O5.C16H10.C12H18.2C2H6.CH4O/c1-34-18-27-15-24(25-16-28(19-35-2)31(33)29(17-25)20-36-3)14-26(30(27)32)13-21-9-11-23(12-10-21)22-7-5-4-6-8-22;1-3-11-7-9-13-5-2-6-14-10-8-12(4-1)15(11)16(13)14;1-9(2)11-5-7-12(8-6-11)10(3)4;3*1-2/h4-12,14-17,32-33H,13,18-20H2,1-3H3;1-10H;5-10H,1-4H3;2*1-2H3;2H,1H3. The van der Waals surface area contributed by atoms with Gasteiger partial charge in [-0.3, -0.25) is 0 Å². The highest BCUT2D eigenvalue weighted by Gasteiger charge is 2.16. The van der Waals surface area contributed by atoms with Crippen LogP contribution in [-0.2, 0) is 40.5 Å². The molecule has 0 aliphatic carbocycles. The van der Waals surface area contributed by atoms with Crippen molar-refractivity contribution >= 4 is 32.3 Å². The lowest BCUT2D eigenvalue weighted by atomic mass is 9.92. The first-order valence-corrected chi connectivity index (χ1v) is 24.6. The number of hydrogen-bond donors (Lipinski definition) is 3. The lowest BCUT2D eigenvalue weighted by Gasteiger charge is -2.16. The Hall–Kier alpha value is -6.54. The molecule has 0 aliphatic heterocycles. The molecule has 9 aromatic rings. The smallest absolute Gasteiger partial charge is 0.126 e. The van der Waals surface area contributed by atoms with Crippen LogP contribution in [0.5, 0.6) is 11.5 Å². The third-order valence-corrected chi connectivity index (χ3v) is 11.9. The average Bonchev–Trinajstić information content (AvgIpc) is 3.40. The van der Waals surface area contributed by atoms with E-state index in [4.69, 9.17) is 19.3 Å². The van der Waals surface area contributed by atoms with Crippen molar-refractivity contribution in [3.63, 3.8) is 0 Å². The summed E-state index contributed by atoms with van der Waals surface area (Å²) in [6.45, 7) is 17.7. The van der Waals surface area contributed by atoms with Gasteiger partial charge in [-0.15, -0.1) is 0 Å². The summed E-state index contributed by atoms with van der Waals surface area (Å²) < 4.78 is 16.0. The molecule has 6 nitrogen and oxygen atoms in total. The Morgan fingerprint density at radius 2 is 0.700 bits per heavy atom. The predicted octanol–water partition coefficient (Wildman–Crippen LogP) is 16.6. The van der Waals surface area contributed by atoms with E-state index < -0.39 is 0 Å². The maximum absolute atomic E-state index is 11.0. The van der Waals surface area contributed by atoms with Crippen molar-refractivity contribution in [2.75, 3.05) is 28.4 Å². The van der Waals surface area contributed by atoms with Crippen LogP contribution >= 0.6 is 0 Å². The Labute approximate surface area is 418 Å². The van der Waals surface area contributed by atoms with E-state index in [1.807, 2.05) is 70.2 Å². The van der Waals surface area contributed by atoms with Crippen LogP contribution in [0.3, 0.4) is 0 Å². The number of methoxy groups -OCH3 is 3. The summed E-state index contributed by atoms with van der Waals surface area (Å²) in [5.41, 5.74) is 11.0. The van der Waals surface area contributed by atoms with Gasteiger partial charge in [-0.1, -0.05) is 195 Å². The van der Waals surface area contributed by atoms with Gasteiger partial charge in [0.05, 0.1) is 19.8 Å². The van der Waals surface area contributed by atoms with E-state index in [0.717, 1.165) is 34.9 Å². The van der Waals surface area contributed by atoms with Crippen molar-refractivity contribution in [3.05, 3.63) is 203 Å². The molecule has 70 heavy (non-hydrogen) atoms. The first kappa shape index (κ1) is 56.1. The van der Waals surface area contributed by atoms with Crippen LogP contribution in [0.1, 0.15) is 106 Å². The number of aliphatic hydroxyl groups is 1. The lowest BCUT2D eigenvalue weighted by molar-refractivity contribution is 0.174. The SMILES string of the molecule is CC.CC.CC(C)c1ccc(C(C)C)cc1.CO.COCc1cc(-c2cc(COC)c(O)c(Cc3ccc(-c4ccccc4)cc3)c2)cc(COC)c1O.c1cc2ccc3cccc4ccc(c1)c2c34. The summed E-state index contributed by atoms with van der Waals surface area (Å²) >= 11 is 0. The van der Waals surface area contributed by atoms with E-state index in [1.54, 1.807) is 21.3 Å². The van der Waals surface area contributed by atoms with E-state index in [-0.39, 0.29) is 31.3 Å². The highest BCUT2D eigenvalue weighted by atomic mass is 16.5.